The van der Waals surface area contributed by atoms with Crippen molar-refractivity contribution >= 4 is 11.9 Å². The number of carbonyl (C=O) groups is 2. The summed E-state index contributed by atoms with van der Waals surface area (Å²) in [5.74, 6) is -1.72. The van der Waals surface area contributed by atoms with Gasteiger partial charge in [0, 0.05) is 13.0 Å². The Labute approximate surface area is 129 Å². The second-order valence-corrected chi connectivity index (χ2v) is 5.51. The zero-order valence-electron chi connectivity index (χ0n) is 12.1. The van der Waals surface area contributed by atoms with E-state index in [1.54, 1.807) is 4.90 Å². The summed E-state index contributed by atoms with van der Waals surface area (Å²) in [7, 11) is 0. The third-order valence-corrected chi connectivity index (χ3v) is 4.09. The average molecular weight is 295 g/mol. The topological polar surface area (TPSA) is 57.6 Å². The maximum atomic E-state index is 12.3. The summed E-state index contributed by atoms with van der Waals surface area (Å²) in [4.78, 5) is 25.6. The molecule has 2 atom stereocenters. The van der Waals surface area contributed by atoms with Crippen LogP contribution in [0.5, 0.6) is 0 Å². The van der Waals surface area contributed by atoms with E-state index < -0.39 is 17.9 Å². The van der Waals surface area contributed by atoms with Crippen molar-refractivity contribution in [2.75, 3.05) is 0 Å². The van der Waals surface area contributed by atoms with Crippen molar-refractivity contribution in [2.24, 2.45) is 5.92 Å². The third kappa shape index (κ3) is 2.72. The number of nitrogens with zero attached hydrogens (tertiary/aromatic N) is 1. The van der Waals surface area contributed by atoms with Crippen LogP contribution in [-0.4, -0.2) is 21.9 Å². The summed E-state index contributed by atoms with van der Waals surface area (Å²) >= 11 is 0. The van der Waals surface area contributed by atoms with Crippen molar-refractivity contribution in [2.45, 2.75) is 19.0 Å². The van der Waals surface area contributed by atoms with Gasteiger partial charge in [0.15, 0.2) is 0 Å². The van der Waals surface area contributed by atoms with Crippen LogP contribution in [-0.2, 0) is 16.1 Å². The third-order valence-electron chi connectivity index (χ3n) is 4.09. The lowest BCUT2D eigenvalue weighted by molar-refractivity contribution is -0.142. The van der Waals surface area contributed by atoms with E-state index in [0.29, 0.717) is 6.54 Å². The molecule has 2 aromatic carbocycles. The Morgan fingerprint density at radius 2 is 1.64 bits per heavy atom. The van der Waals surface area contributed by atoms with Gasteiger partial charge in [0.25, 0.3) is 0 Å². The Morgan fingerprint density at radius 1 is 1.05 bits per heavy atom. The lowest BCUT2D eigenvalue weighted by atomic mass is 9.93. The molecule has 112 valence electrons. The van der Waals surface area contributed by atoms with Gasteiger partial charge in [-0.2, -0.15) is 0 Å². The molecule has 1 aliphatic heterocycles. The summed E-state index contributed by atoms with van der Waals surface area (Å²) in [5, 5.41) is 9.47. The molecule has 0 aliphatic carbocycles. The van der Waals surface area contributed by atoms with Crippen LogP contribution in [0.3, 0.4) is 0 Å². The Bertz CT molecular complexity index is 669. The molecule has 0 radical (unpaired) electrons. The number of hydrogen-bond acceptors (Lipinski definition) is 2. The fourth-order valence-corrected chi connectivity index (χ4v) is 3.04. The van der Waals surface area contributed by atoms with E-state index in [1.807, 2.05) is 60.7 Å². The number of carbonyl (C=O) groups excluding carboxylic acids is 1. The van der Waals surface area contributed by atoms with Gasteiger partial charge in [0.2, 0.25) is 5.91 Å². The van der Waals surface area contributed by atoms with E-state index in [1.165, 1.54) is 0 Å². The molecule has 0 unspecified atom stereocenters. The van der Waals surface area contributed by atoms with Crippen LogP contribution in [0.2, 0.25) is 0 Å². The molecule has 2 aromatic rings. The first-order valence-corrected chi connectivity index (χ1v) is 7.28. The van der Waals surface area contributed by atoms with Crippen molar-refractivity contribution in [3.8, 4) is 0 Å². The highest BCUT2D eigenvalue weighted by atomic mass is 16.4. The molecular weight excluding hydrogens is 278 g/mol. The summed E-state index contributed by atoms with van der Waals surface area (Å²) in [6.07, 6.45) is 0.0573. The molecule has 0 bridgehead atoms. The number of carboxylic acids is 1. The number of amides is 1. The molecule has 22 heavy (non-hydrogen) atoms. The number of benzene rings is 2. The molecule has 0 saturated carbocycles. The number of hydrogen-bond donors (Lipinski definition) is 1. The van der Waals surface area contributed by atoms with Crippen LogP contribution in [0.25, 0.3) is 0 Å². The quantitative estimate of drug-likeness (QED) is 0.943. The molecule has 1 N–H and O–H groups in total. The van der Waals surface area contributed by atoms with Crippen LogP contribution in [0.1, 0.15) is 23.6 Å². The lowest BCUT2D eigenvalue weighted by Crippen LogP contribution is -2.30. The van der Waals surface area contributed by atoms with Crippen LogP contribution in [0.4, 0.5) is 0 Å². The van der Waals surface area contributed by atoms with E-state index in [9.17, 15) is 14.7 Å². The smallest absolute Gasteiger partial charge is 0.309 e. The van der Waals surface area contributed by atoms with Gasteiger partial charge in [-0.3, -0.25) is 9.59 Å². The van der Waals surface area contributed by atoms with Gasteiger partial charge < -0.3 is 10.0 Å². The monoisotopic (exact) mass is 295 g/mol. The molecule has 1 saturated heterocycles. The zero-order valence-corrected chi connectivity index (χ0v) is 12.1. The summed E-state index contributed by atoms with van der Waals surface area (Å²) < 4.78 is 0. The largest absolute Gasteiger partial charge is 0.481 e. The normalized spacial score (nSPS) is 21.1. The Balaban J connectivity index is 1.95. The van der Waals surface area contributed by atoms with Crippen LogP contribution in [0, 0.1) is 5.92 Å². The molecule has 1 aliphatic rings. The standard InChI is InChI=1S/C18H17NO3/c20-16-11-15(18(21)22)17(14-9-5-2-6-10-14)19(16)12-13-7-3-1-4-8-13/h1-10,15,17H,11-12H2,(H,21,22)/t15-,17+/m1/s1. The average Bonchev–Trinajstić information content (AvgIpc) is 2.86. The molecule has 0 spiro atoms. The van der Waals surface area contributed by atoms with Crippen LogP contribution < -0.4 is 0 Å². The highest BCUT2D eigenvalue weighted by molar-refractivity contribution is 5.87. The highest BCUT2D eigenvalue weighted by Crippen LogP contribution is 2.39. The summed E-state index contributed by atoms with van der Waals surface area (Å²) in [6, 6.07) is 18.6. The number of rotatable bonds is 4. The van der Waals surface area contributed by atoms with E-state index in [4.69, 9.17) is 0 Å². The van der Waals surface area contributed by atoms with Gasteiger partial charge in [-0.15, -0.1) is 0 Å². The minimum Gasteiger partial charge on any atom is -0.481 e. The maximum Gasteiger partial charge on any atom is 0.309 e. The number of likely N-dealkylation sites (tertiary alicyclic amines) is 1. The van der Waals surface area contributed by atoms with Crippen molar-refractivity contribution < 1.29 is 14.7 Å². The molecule has 4 nitrogen and oxygen atoms in total. The van der Waals surface area contributed by atoms with Crippen molar-refractivity contribution in [1.82, 2.24) is 4.90 Å². The van der Waals surface area contributed by atoms with Gasteiger partial charge >= 0.3 is 5.97 Å². The van der Waals surface area contributed by atoms with Crippen LogP contribution >= 0.6 is 0 Å². The van der Waals surface area contributed by atoms with Gasteiger partial charge in [-0.1, -0.05) is 60.7 Å². The van der Waals surface area contributed by atoms with Crippen LogP contribution in [0.15, 0.2) is 60.7 Å². The molecule has 0 aromatic heterocycles. The van der Waals surface area contributed by atoms with Crippen molar-refractivity contribution in [3.05, 3.63) is 71.8 Å². The first-order valence-electron chi connectivity index (χ1n) is 7.28. The minimum absolute atomic E-state index is 0.0573. The maximum absolute atomic E-state index is 12.3. The molecule has 4 heteroatoms. The Morgan fingerprint density at radius 3 is 2.23 bits per heavy atom. The van der Waals surface area contributed by atoms with E-state index in [0.717, 1.165) is 11.1 Å². The molecule has 1 fully saturated rings. The SMILES string of the molecule is O=C(O)[C@@H]1CC(=O)N(Cc2ccccc2)[C@H]1c1ccccc1. The second-order valence-electron chi connectivity index (χ2n) is 5.51. The fourth-order valence-electron chi connectivity index (χ4n) is 3.04. The van der Waals surface area contributed by atoms with E-state index in [2.05, 4.69) is 0 Å². The Hall–Kier alpha value is -2.62. The minimum atomic E-state index is -0.919. The van der Waals surface area contributed by atoms with Gasteiger partial charge in [0.05, 0.1) is 12.0 Å². The fraction of sp³-hybridized carbons (Fsp3) is 0.222. The summed E-state index contributed by atoms with van der Waals surface area (Å²) in [6.45, 7) is 0.434. The van der Waals surface area contributed by atoms with Crippen molar-refractivity contribution in [1.29, 1.82) is 0 Å². The number of carboxylic acid groups (broad SMARTS) is 1. The molecular formula is C18H17NO3. The zero-order chi connectivity index (χ0) is 15.5. The second kappa shape index (κ2) is 6.02. The van der Waals surface area contributed by atoms with E-state index >= 15 is 0 Å². The molecule has 1 heterocycles. The van der Waals surface area contributed by atoms with Gasteiger partial charge in [-0.25, -0.2) is 0 Å². The first kappa shape index (κ1) is 14.3. The highest BCUT2D eigenvalue weighted by Gasteiger charge is 2.44. The number of aliphatic carboxylic acids is 1. The lowest BCUT2D eigenvalue weighted by Gasteiger charge is -2.27. The predicted octanol–water partition coefficient (Wildman–Crippen LogP) is 2.86. The Kier molecular flexibility index (Phi) is 3.92. The summed E-state index contributed by atoms with van der Waals surface area (Å²) in [5.41, 5.74) is 1.87. The molecule has 3 rings (SSSR count). The van der Waals surface area contributed by atoms with Gasteiger partial charge in [0.1, 0.15) is 0 Å². The van der Waals surface area contributed by atoms with Gasteiger partial charge in [-0.05, 0) is 11.1 Å². The van der Waals surface area contributed by atoms with Crippen molar-refractivity contribution in [3.63, 3.8) is 0 Å². The van der Waals surface area contributed by atoms with E-state index in [-0.39, 0.29) is 12.3 Å². The first-order chi connectivity index (χ1) is 10.7. The predicted molar refractivity (Wildman–Crippen MR) is 81.9 cm³/mol. The molecule has 1 amide bonds.